The Morgan fingerprint density at radius 1 is 1.19 bits per heavy atom. The van der Waals surface area contributed by atoms with Crippen LogP contribution >= 0.6 is 0 Å². The molecule has 0 radical (unpaired) electrons. The summed E-state index contributed by atoms with van der Waals surface area (Å²) in [5, 5.41) is 5.91. The first-order valence-corrected chi connectivity index (χ1v) is 8.52. The molecule has 3 aromatic rings. The van der Waals surface area contributed by atoms with Crippen LogP contribution in [0.4, 0.5) is 17.4 Å². The zero-order valence-corrected chi connectivity index (χ0v) is 15.2. The van der Waals surface area contributed by atoms with E-state index in [0.717, 1.165) is 0 Å². The summed E-state index contributed by atoms with van der Waals surface area (Å²) in [7, 11) is 3.15. The highest BCUT2D eigenvalue weighted by Gasteiger charge is 2.11. The highest BCUT2D eigenvalue weighted by atomic mass is 16.5. The SMILES string of the molecule is COc1ccc2oc(Nc3ccc(NC(=O)CCCN)cc3OC)nc2c1. The van der Waals surface area contributed by atoms with Gasteiger partial charge in [0.15, 0.2) is 5.58 Å². The minimum atomic E-state index is -0.0869. The molecule has 0 spiro atoms. The average Bonchev–Trinajstić information content (AvgIpc) is 3.08. The number of anilines is 3. The lowest BCUT2D eigenvalue weighted by atomic mass is 10.2. The van der Waals surface area contributed by atoms with Gasteiger partial charge in [0.2, 0.25) is 5.91 Å². The number of rotatable bonds is 8. The minimum absolute atomic E-state index is 0.0869. The molecular weight excluding hydrogens is 348 g/mol. The first-order chi connectivity index (χ1) is 13.1. The van der Waals surface area contributed by atoms with Gasteiger partial charge in [0.1, 0.15) is 17.0 Å². The molecule has 8 heteroatoms. The molecule has 0 saturated heterocycles. The van der Waals surface area contributed by atoms with E-state index >= 15 is 0 Å². The van der Waals surface area contributed by atoms with Crippen molar-refractivity contribution in [2.75, 3.05) is 31.4 Å². The number of nitrogens with two attached hydrogens (primary N) is 1. The van der Waals surface area contributed by atoms with Crippen molar-refractivity contribution in [3.05, 3.63) is 36.4 Å². The van der Waals surface area contributed by atoms with Gasteiger partial charge in [0.25, 0.3) is 6.01 Å². The van der Waals surface area contributed by atoms with Crippen molar-refractivity contribution in [1.82, 2.24) is 4.98 Å². The Labute approximate surface area is 156 Å². The van der Waals surface area contributed by atoms with Gasteiger partial charge in [-0.25, -0.2) is 0 Å². The molecule has 0 fully saturated rings. The van der Waals surface area contributed by atoms with Gasteiger partial charge in [-0.3, -0.25) is 4.79 Å². The monoisotopic (exact) mass is 370 g/mol. The summed E-state index contributed by atoms with van der Waals surface area (Å²) in [5.74, 6) is 1.16. The molecule has 1 aromatic heterocycles. The normalized spacial score (nSPS) is 10.6. The van der Waals surface area contributed by atoms with Crippen molar-refractivity contribution in [3.8, 4) is 11.5 Å². The van der Waals surface area contributed by atoms with Gasteiger partial charge in [-0.2, -0.15) is 4.98 Å². The second-order valence-corrected chi connectivity index (χ2v) is 5.83. The number of hydrogen-bond acceptors (Lipinski definition) is 7. The fraction of sp³-hybridized carbons (Fsp3) is 0.263. The van der Waals surface area contributed by atoms with Gasteiger partial charge in [-0.05, 0) is 37.2 Å². The van der Waals surface area contributed by atoms with Gasteiger partial charge >= 0.3 is 0 Å². The van der Waals surface area contributed by atoms with Crippen LogP contribution in [0.25, 0.3) is 11.1 Å². The van der Waals surface area contributed by atoms with E-state index in [1.165, 1.54) is 0 Å². The van der Waals surface area contributed by atoms with Gasteiger partial charge in [0, 0.05) is 24.2 Å². The summed E-state index contributed by atoms with van der Waals surface area (Å²) in [4.78, 5) is 16.2. The third-order valence-electron chi connectivity index (χ3n) is 3.93. The summed E-state index contributed by atoms with van der Waals surface area (Å²) in [5.41, 5.74) is 8.05. The van der Waals surface area contributed by atoms with Crippen LogP contribution < -0.4 is 25.8 Å². The Balaban J connectivity index is 1.77. The second kappa shape index (κ2) is 8.41. The summed E-state index contributed by atoms with van der Waals surface area (Å²) < 4.78 is 16.3. The van der Waals surface area contributed by atoms with E-state index in [2.05, 4.69) is 15.6 Å². The maximum atomic E-state index is 11.8. The average molecular weight is 370 g/mol. The van der Waals surface area contributed by atoms with Crippen molar-refractivity contribution in [2.45, 2.75) is 12.8 Å². The summed E-state index contributed by atoms with van der Waals surface area (Å²) in [6, 6.07) is 11.0. The van der Waals surface area contributed by atoms with Gasteiger partial charge in [0.05, 0.1) is 19.9 Å². The number of carbonyl (C=O) groups excluding carboxylic acids is 1. The zero-order valence-electron chi connectivity index (χ0n) is 15.2. The van der Waals surface area contributed by atoms with Gasteiger partial charge in [-0.1, -0.05) is 0 Å². The fourth-order valence-corrected chi connectivity index (χ4v) is 2.56. The first-order valence-electron chi connectivity index (χ1n) is 8.52. The number of methoxy groups -OCH3 is 2. The Bertz CT molecular complexity index is 939. The molecule has 0 aliphatic rings. The number of aromatic nitrogens is 1. The highest BCUT2D eigenvalue weighted by Crippen LogP contribution is 2.32. The van der Waals surface area contributed by atoms with E-state index in [0.29, 0.717) is 59.4 Å². The molecule has 27 heavy (non-hydrogen) atoms. The third-order valence-corrected chi connectivity index (χ3v) is 3.93. The summed E-state index contributed by atoms with van der Waals surface area (Å²) in [6.07, 6.45) is 1.02. The Morgan fingerprint density at radius 2 is 2.04 bits per heavy atom. The molecule has 8 nitrogen and oxygen atoms in total. The lowest BCUT2D eigenvalue weighted by molar-refractivity contribution is -0.116. The van der Waals surface area contributed by atoms with E-state index in [1.807, 2.05) is 0 Å². The molecule has 3 rings (SSSR count). The molecule has 4 N–H and O–H groups in total. The number of nitrogens with zero attached hydrogens (tertiary/aromatic N) is 1. The quantitative estimate of drug-likeness (QED) is 0.558. The van der Waals surface area contributed by atoms with E-state index in [4.69, 9.17) is 19.6 Å². The Morgan fingerprint density at radius 3 is 2.78 bits per heavy atom. The lowest BCUT2D eigenvalue weighted by Crippen LogP contribution is -2.13. The molecule has 0 aliphatic heterocycles. The number of oxazole rings is 1. The van der Waals surface area contributed by atoms with Crippen LogP contribution in [0, 0.1) is 0 Å². The largest absolute Gasteiger partial charge is 0.497 e. The van der Waals surface area contributed by atoms with Crippen LogP contribution in [-0.2, 0) is 4.79 Å². The molecule has 2 aromatic carbocycles. The van der Waals surface area contributed by atoms with Crippen LogP contribution in [0.5, 0.6) is 11.5 Å². The standard InChI is InChI=1S/C19H22N4O4/c1-25-13-6-8-16-15(11-13)23-19(27-16)22-14-7-5-12(10-17(14)26-2)21-18(24)4-3-9-20/h5-8,10-11H,3-4,9,20H2,1-2H3,(H,21,24)(H,22,23). The topological polar surface area (TPSA) is 112 Å². The molecule has 0 unspecified atom stereocenters. The molecule has 0 bridgehead atoms. The predicted octanol–water partition coefficient (Wildman–Crippen LogP) is 3.27. The highest BCUT2D eigenvalue weighted by molar-refractivity contribution is 5.91. The van der Waals surface area contributed by atoms with Crippen molar-refractivity contribution in [2.24, 2.45) is 5.73 Å². The number of carbonyl (C=O) groups is 1. The van der Waals surface area contributed by atoms with E-state index in [1.54, 1.807) is 50.6 Å². The molecule has 1 amide bonds. The maximum absolute atomic E-state index is 11.8. The molecular formula is C19H22N4O4. The minimum Gasteiger partial charge on any atom is -0.497 e. The van der Waals surface area contributed by atoms with Gasteiger partial charge in [-0.15, -0.1) is 0 Å². The van der Waals surface area contributed by atoms with Crippen LogP contribution in [-0.4, -0.2) is 31.7 Å². The molecule has 0 saturated carbocycles. The van der Waals surface area contributed by atoms with Crippen molar-refractivity contribution >= 4 is 34.4 Å². The predicted molar refractivity (Wildman–Crippen MR) is 104 cm³/mol. The Kier molecular flexibility index (Phi) is 5.77. The Hall–Kier alpha value is -3.26. The fourth-order valence-electron chi connectivity index (χ4n) is 2.56. The molecule has 0 aliphatic carbocycles. The second-order valence-electron chi connectivity index (χ2n) is 5.83. The van der Waals surface area contributed by atoms with Crippen LogP contribution in [0.3, 0.4) is 0 Å². The zero-order chi connectivity index (χ0) is 19.2. The van der Waals surface area contributed by atoms with Crippen molar-refractivity contribution in [1.29, 1.82) is 0 Å². The van der Waals surface area contributed by atoms with Crippen LogP contribution in [0.1, 0.15) is 12.8 Å². The van der Waals surface area contributed by atoms with Crippen molar-refractivity contribution in [3.63, 3.8) is 0 Å². The number of fused-ring (bicyclic) bond motifs is 1. The van der Waals surface area contributed by atoms with Crippen LogP contribution in [0.2, 0.25) is 0 Å². The van der Waals surface area contributed by atoms with E-state index in [9.17, 15) is 4.79 Å². The molecule has 0 atom stereocenters. The molecule has 142 valence electrons. The van der Waals surface area contributed by atoms with E-state index in [-0.39, 0.29) is 5.91 Å². The summed E-state index contributed by atoms with van der Waals surface area (Å²) in [6.45, 7) is 0.482. The number of hydrogen-bond donors (Lipinski definition) is 3. The number of ether oxygens (including phenoxy) is 2. The number of nitrogens with one attached hydrogen (secondary N) is 2. The van der Waals surface area contributed by atoms with Crippen molar-refractivity contribution < 1.29 is 18.7 Å². The number of benzene rings is 2. The smallest absolute Gasteiger partial charge is 0.300 e. The maximum Gasteiger partial charge on any atom is 0.300 e. The summed E-state index contributed by atoms with van der Waals surface area (Å²) >= 11 is 0. The lowest BCUT2D eigenvalue weighted by Gasteiger charge is -2.11. The molecule has 1 heterocycles. The van der Waals surface area contributed by atoms with E-state index < -0.39 is 0 Å². The third kappa shape index (κ3) is 4.48. The number of amides is 1. The van der Waals surface area contributed by atoms with Gasteiger partial charge < -0.3 is 30.3 Å². The van der Waals surface area contributed by atoms with Crippen LogP contribution in [0.15, 0.2) is 40.8 Å². The first kappa shape index (κ1) is 18.5.